The number of aromatic amines is 1. The first-order valence-electron chi connectivity index (χ1n) is 6.58. The maximum Gasteiger partial charge on any atom is 0.266 e. The lowest BCUT2D eigenvalue weighted by molar-refractivity contribution is 1.13. The molecule has 0 radical (unpaired) electrons. The fourth-order valence-electron chi connectivity index (χ4n) is 2.18. The molecule has 20 heavy (non-hydrogen) atoms. The Morgan fingerprint density at radius 2 is 1.75 bits per heavy atom. The predicted molar refractivity (Wildman–Crippen MR) is 84.9 cm³/mol. The lowest BCUT2D eigenvalue weighted by Gasteiger charge is -2.17. The molecule has 2 aromatic rings. The molecular formula is C16H18N2OSi. The number of aryl methyl sites for hydroxylation is 1. The summed E-state index contributed by atoms with van der Waals surface area (Å²) in [5.74, 6) is 0. The van der Waals surface area contributed by atoms with Crippen LogP contribution in [0.5, 0.6) is 0 Å². The summed E-state index contributed by atoms with van der Waals surface area (Å²) in [5, 5.41) is 10.5. The minimum Gasteiger partial charge on any atom is -0.325 e. The first kappa shape index (κ1) is 14.3. The summed E-state index contributed by atoms with van der Waals surface area (Å²) in [5.41, 5.74) is 2.24. The molecule has 0 spiro atoms. The predicted octanol–water partition coefficient (Wildman–Crippen LogP) is 2.77. The second-order valence-corrected chi connectivity index (χ2v) is 11.1. The van der Waals surface area contributed by atoms with Gasteiger partial charge in [0.2, 0.25) is 0 Å². The van der Waals surface area contributed by atoms with E-state index in [1.165, 1.54) is 5.19 Å². The van der Waals surface area contributed by atoms with Crippen molar-refractivity contribution >= 4 is 13.3 Å². The highest BCUT2D eigenvalue weighted by molar-refractivity contribution is 6.88. The molecule has 1 N–H and O–H groups in total. The Hall–Kier alpha value is -2.12. The van der Waals surface area contributed by atoms with Crippen LogP contribution < -0.4 is 10.7 Å². The number of benzene rings is 1. The smallest absolute Gasteiger partial charge is 0.266 e. The van der Waals surface area contributed by atoms with Gasteiger partial charge in [-0.05, 0) is 18.6 Å². The quantitative estimate of drug-likeness (QED) is 0.861. The molecule has 0 saturated carbocycles. The van der Waals surface area contributed by atoms with Crippen molar-refractivity contribution in [3.8, 4) is 17.2 Å². The van der Waals surface area contributed by atoms with Crippen LogP contribution in [0, 0.1) is 18.3 Å². The molecule has 0 fully saturated rings. The third kappa shape index (κ3) is 2.73. The van der Waals surface area contributed by atoms with Crippen LogP contribution in [-0.2, 0) is 0 Å². The number of H-pyrrole nitrogens is 1. The fraction of sp³-hybridized carbons (Fsp3) is 0.250. The molecule has 4 heteroatoms. The van der Waals surface area contributed by atoms with Crippen LogP contribution in [0.3, 0.4) is 0 Å². The third-order valence-corrected chi connectivity index (χ3v) is 5.41. The lowest BCUT2D eigenvalue weighted by atomic mass is 10.0. The van der Waals surface area contributed by atoms with Gasteiger partial charge in [0.05, 0.1) is 8.07 Å². The number of hydrogen-bond acceptors (Lipinski definition) is 2. The Bertz CT molecular complexity index is 731. The van der Waals surface area contributed by atoms with Crippen LogP contribution in [0.1, 0.15) is 11.3 Å². The highest BCUT2D eigenvalue weighted by Crippen LogP contribution is 2.21. The van der Waals surface area contributed by atoms with Crippen molar-refractivity contribution < 1.29 is 0 Å². The Balaban J connectivity index is 2.59. The summed E-state index contributed by atoms with van der Waals surface area (Å²) in [6.45, 7) is 8.70. The summed E-state index contributed by atoms with van der Waals surface area (Å²) in [7, 11) is -1.33. The van der Waals surface area contributed by atoms with Gasteiger partial charge in [-0.3, -0.25) is 4.79 Å². The van der Waals surface area contributed by atoms with E-state index >= 15 is 0 Å². The number of nitriles is 1. The summed E-state index contributed by atoms with van der Waals surface area (Å²) in [6, 6.07) is 12.1. The Labute approximate surface area is 119 Å². The standard InChI is InChI=1S/C16H18N2OSi/c1-11-9-14(15(10-17)16(19)18-11)12-5-7-13(8-6-12)20(2,3)4/h5-9H,1-4H3,(H,18,19). The summed E-state index contributed by atoms with van der Waals surface area (Å²) < 4.78 is 0. The number of hydrogen-bond donors (Lipinski definition) is 1. The van der Waals surface area contributed by atoms with E-state index in [-0.39, 0.29) is 11.1 Å². The minimum absolute atomic E-state index is 0.177. The topological polar surface area (TPSA) is 56.6 Å². The van der Waals surface area contributed by atoms with E-state index in [0.717, 1.165) is 11.3 Å². The monoisotopic (exact) mass is 282 g/mol. The SMILES string of the molecule is Cc1cc(-c2ccc([Si](C)(C)C)cc2)c(C#N)c(=O)[nH]1. The maximum absolute atomic E-state index is 11.8. The average molecular weight is 282 g/mol. The first-order chi connectivity index (χ1) is 9.32. The summed E-state index contributed by atoms with van der Waals surface area (Å²) in [6.07, 6.45) is 0. The zero-order valence-electron chi connectivity index (χ0n) is 12.2. The minimum atomic E-state index is -1.33. The highest BCUT2D eigenvalue weighted by Gasteiger charge is 2.16. The Morgan fingerprint density at radius 1 is 1.15 bits per heavy atom. The van der Waals surface area contributed by atoms with Crippen LogP contribution in [0.4, 0.5) is 0 Å². The van der Waals surface area contributed by atoms with E-state index in [0.29, 0.717) is 5.56 Å². The van der Waals surface area contributed by atoms with Crippen LogP contribution in [-0.4, -0.2) is 13.1 Å². The first-order valence-corrected chi connectivity index (χ1v) is 10.1. The molecule has 0 aliphatic rings. The normalized spacial score (nSPS) is 11.2. The lowest BCUT2D eigenvalue weighted by Crippen LogP contribution is -2.37. The van der Waals surface area contributed by atoms with Crippen LogP contribution >= 0.6 is 0 Å². The molecule has 0 saturated heterocycles. The van der Waals surface area contributed by atoms with Crippen molar-refractivity contribution in [1.29, 1.82) is 5.26 Å². The van der Waals surface area contributed by atoms with Gasteiger partial charge in [0.25, 0.3) is 5.56 Å². The number of rotatable bonds is 2. The fourth-order valence-corrected chi connectivity index (χ4v) is 3.34. The van der Waals surface area contributed by atoms with E-state index in [1.54, 1.807) is 0 Å². The maximum atomic E-state index is 11.8. The molecule has 102 valence electrons. The van der Waals surface area contributed by atoms with E-state index in [9.17, 15) is 10.1 Å². The third-order valence-electron chi connectivity index (χ3n) is 3.34. The van der Waals surface area contributed by atoms with Gasteiger partial charge in [-0.1, -0.05) is 49.1 Å². The molecule has 0 unspecified atom stereocenters. The molecule has 1 heterocycles. The second kappa shape index (κ2) is 5.10. The molecule has 0 aliphatic carbocycles. The molecular weight excluding hydrogens is 264 g/mol. The van der Waals surface area contributed by atoms with Crippen LogP contribution in [0.2, 0.25) is 19.6 Å². The zero-order chi connectivity index (χ0) is 14.9. The van der Waals surface area contributed by atoms with Gasteiger partial charge in [0.15, 0.2) is 0 Å². The largest absolute Gasteiger partial charge is 0.325 e. The van der Waals surface area contributed by atoms with E-state index < -0.39 is 8.07 Å². The molecule has 2 rings (SSSR count). The van der Waals surface area contributed by atoms with Gasteiger partial charge in [0.1, 0.15) is 11.6 Å². The number of pyridine rings is 1. The van der Waals surface area contributed by atoms with Crippen LogP contribution in [0.25, 0.3) is 11.1 Å². The molecule has 0 bridgehead atoms. The van der Waals surface area contributed by atoms with Gasteiger partial charge >= 0.3 is 0 Å². The molecule has 0 atom stereocenters. The molecule has 3 nitrogen and oxygen atoms in total. The van der Waals surface area contributed by atoms with Crippen molar-refractivity contribution in [2.75, 3.05) is 0 Å². The van der Waals surface area contributed by atoms with Gasteiger partial charge in [0, 0.05) is 11.3 Å². The number of nitrogens with zero attached hydrogens (tertiary/aromatic N) is 1. The average Bonchev–Trinajstić information content (AvgIpc) is 2.37. The van der Waals surface area contributed by atoms with E-state index in [1.807, 2.05) is 31.2 Å². The van der Waals surface area contributed by atoms with Crippen molar-refractivity contribution in [2.45, 2.75) is 26.6 Å². The van der Waals surface area contributed by atoms with Gasteiger partial charge in [-0.2, -0.15) is 5.26 Å². The number of aromatic nitrogens is 1. The van der Waals surface area contributed by atoms with Crippen LogP contribution in [0.15, 0.2) is 35.1 Å². The summed E-state index contributed by atoms with van der Waals surface area (Å²) >= 11 is 0. The summed E-state index contributed by atoms with van der Waals surface area (Å²) in [4.78, 5) is 14.5. The molecule has 0 amide bonds. The number of nitrogens with one attached hydrogen (secondary N) is 1. The highest BCUT2D eigenvalue weighted by atomic mass is 28.3. The van der Waals surface area contributed by atoms with Gasteiger partial charge < -0.3 is 4.98 Å². The Morgan fingerprint density at radius 3 is 2.25 bits per heavy atom. The Kier molecular flexibility index (Phi) is 3.65. The van der Waals surface area contributed by atoms with Crippen molar-refractivity contribution in [3.05, 3.63) is 51.9 Å². The second-order valence-electron chi connectivity index (χ2n) is 6.01. The zero-order valence-corrected chi connectivity index (χ0v) is 13.2. The van der Waals surface area contributed by atoms with Crippen molar-refractivity contribution in [3.63, 3.8) is 0 Å². The molecule has 1 aromatic carbocycles. The van der Waals surface area contributed by atoms with Crippen molar-refractivity contribution in [2.24, 2.45) is 0 Å². The molecule has 1 aromatic heterocycles. The van der Waals surface area contributed by atoms with Gasteiger partial charge in [-0.15, -0.1) is 0 Å². The van der Waals surface area contributed by atoms with E-state index in [2.05, 4.69) is 36.8 Å². The molecule has 0 aliphatic heterocycles. The van der Waals surface area contributed by atoms with Crippen molar-refractivity contribution in [1.82, 2.24) is 4.98 Å². The van der Waals surface area contributed by atoms with E-state index in [4.69, 9.17) is 0 Å². The van der Waals surface area contributed by atoms with Gasteiger partial charge in [-0.25, -0.2) is 0 Å².